The molecule has 0 amide bonds. The third-order valence-corrected chi connectivity index (χ3v) is 4.50. The van der Waals surface area contributed by atoms with E-state index in [0.717, 1.165) is 41.3 Å². The molecule has 3 nitrogen and oxygen atoms in total. The molecule has 2 aromatic carbocycles. The maximum atomic E-state index is 5.87. The summed E-state index contributed by atoms with van der Waals surface area (Å²) in [7, 11) is 0. The molecule has 0 fully saturated rings. The summed E-state index contributed by atoms with van der Waals surface area (Å²) in [6.07, 6.45) is 3.67. The second-order valence-corrected chi connectivity index (χ2v) is 6.73. The molecule has 3 aromatic rings. The van der Waals surface area contributed by atoms with Gasteiger partial charge in [0, 0.05) is 48.5 Å². The molecule has 0 radical (unpaired) electrons. The van der Waals surface area contributed by atoms with Crippen LogP contribution in [0.5, 0.6) is 0 Å². The molecule has 0 bridgehead atoms. The summed E-state index contributed by atoms with van der Waals surface area (Å²) in [6, 6.07) is 22.2. The Bertz CT molecular complexity index is 841. The fourth-order valence-corrected chi connectivity index (χ4v) is 3.15. The quantitative estimate of drug-likeness (QED) is 0.355. The number of anilines is 1. The van der Waals surface area contributed by atoms with Gasteiger partial charge in [-0.05, 0) is 42.0 Å². The minimum atomic E-state index is 0.578. The summed E-state index contributed by atoms with van der Waals surface area (Å²) in [6.45, 7) is 1.56. The van der Waals surface area contributed by atoms with E-state index in [0.29, 0.717) is 11.8 Å². The number of benzene rings is 2. The van der Waals surface area contributed by atoms with Crippen molar-refractivity contribution in [2.75, 3.05) is 29.7 Å². The van der Waals surface area contributed by atoms with Crippen molar-refractivity contribution in [1.82, 2.24) is 4.98 Å². The zero-order valence-corrected chi connectivity index (χ0v) is 16.4. The third-order valence-electron chi connectivity index (χ3n) is 4.16. The molecule has 0 atom stereocenters. The third kappa shape index (κ3) is 5.56. The van der Waals surface area contributed by atoms with Crippen molar-refractivity contribution < 1.29 is 0 Å². The van der Waals surface area contributed by atoms with Crippen molar-refractivity contribution in [2.24, 2.45) is 4.99 Å². The number of nitrogens with zero attached hydrogens (tertiary/aromatic N) is 3. The minimum Gasteiger partial charge on any atom is -0.369 e. The Morgan fingerprint density at radius 2 is 1.56 bits per heavy atom. The second kappa shape index (κ2) is 10.1. The van der Waals surface area contributed by atoms with Crippen molar-refractivity contribution in [1.29, 1.82) is 0 Å². The Morgan fingerprint density at radius 3 is 2.15 bits per heavy atom. The summed E-state index contributed by atoms with van der Waals surface area (Å²) >= 11 is 11.7. The van der Waals surface area contributed by atoms with E-state index < -0.39 is 0 Å². The molecule has 0 aliphatic heterocycles. The van der Waals surface area contributed by atoms with Gasteiger partial charge >= 0.3 is 0 Å². The Kier molecular flexibility index (Phi) is 7.26. The van der Waals surface area contributed by atoms with Gasteiger partial charge in [0.25, 0.3) is 0 Å². The van der Waals surface area contributed by atoms with E-state index in [2.05, 4.69) is 39.1 Å². The fraction of sp³-hybridized carbons (Fsp3) is 0.182. The zero-order valence-electron chi connectivity index (χ0n) is 14.9. The molecule has 1 aromatic heterocycles. The van der Waals surface area contributed by atoms with Crippen LogP contribution in [0.1, 0.15) is 5.56 Å². The molecule has 0 spiro atoms. The maximum Gasteiger partial charge on any atom is 0.0701 e. The second-order valence-electron chi connectivity index (χ2n) is 5.98. The van der Waals surface area contributed by atoms with Gasteiger partial charge in [-0.3, -0.25) is 9.98 Å². The van der Waals surface area contributed by atoms with Crippen LogP contribution in [0.15, 0.2) is 77.9 Å². The van der Waals surface area contributed by atoms with Gasteiger partial charge in [-0.1, -0.05) is 30.3 Å². The van der Waals surface area contributed by atoms with Gasteiger partial charge in [0.05, 0.1) is 11.4 Å². The molecule has 138 valence electrons. The van der Waals surface area contributed by atoms with E-state index in [-0.39, 0.29) is 0 Å². The average molecular weight is 398 g/mol. The summed E-state index contributed by atoms with van der Waals surface area (Å²) in [5.41, 5.74) is 5.11. The van der Waals surface area contributed by atoms with E-state index in [1.165, 1.54) is 0 Å². The molecule has 0 N–H and O–H groups in total. The van der Waals surface area contributed by atoms with Crippen molar-refractivity contribution in [3.63, 3.8) is 0 Å². The number of aliphatic imine (C=N–C) groups is 1. The lowest BCUT2D eigenvalue weighted by molar-refractivity contribution is 0.874. The standard InChI is InChI=1S/C22H21Cl2N3/c23-12-15-27(16-13-24)21-10-4-18(5-11-21)17-26-20-8-6-19(7-9-20)22-3-1-2-14-25-22/h1-11,14,17H,12-13,15-16H2. The van der Waals surface area contributed by atoms with Crippen LogP contribution < -0.4 is 4.90 Å². The lowest BCUT2D eigenvalue weighted by atomic mass is 10.1. The van der Waals surface area contributed by atoms with Crippen LogP contribution in [-0.2, 0) is 0 Å². The highest BCUT2D eigenvalue weighted by Crippen LogP contribution is 2.21. The van der Waals surface area contributed by atoms with Crippen molar-refractivity contribution in [3.05, 3.63) is 78.5 Å². The summed E-state index contributed by atoms with van der Waals surface area (Å²) in [4.78, 5) is 11.1. The number of hydrogen-bond acceptors (Lipinski definition) is 3. The summed E-state index contributed by atoms with van der Waals surface area (Å²) in [5, 5.41) is 0. The molecule has 0 saturated carbocycles. The van der Waals surface area contributed by atoms with E-state index in [1.807, 2.05) is 48.7 Å². The first kappa shape index (κ1) is 19.4. The molecular formula is C22H21Cl2N3. The van der Waals surface area contributed by atoms with Crippen LogP contribution in [0.2, 0.25) is 0 Å². The molecule has 1 heterocycles. The van der Waals surface area contributed by atoms with Gasteiger partial charge in [0.1, 0.15) is 0 Å². The monoisotopic (exact) mass is 397 g/mol. The van der Waals surface area contributed by atoms with Crippen molar-refractivity contribution in [3.8, 4) is 11.3 Å². The lowest BCUT2D eigenvalue weighted by Gasteiger charge is -2.22. The van der Waals surface area contributed by atoms with Gasteiger partial charge in [-0.15, -0.1) is 23.2 Å². The molecule has 0 aliphatic rings. The molecule has 0 aliphatic carbocycles. The fourth-order valence-electron chi connectivity index (χ4n) is 2.75. The van der Waals surface area contributed by atoms with Gasteiger partial charge in [0.15, 0.2) is 0 Å². The SMILES string of the molecule is ClCCN(CCCl)c1ccc(C=Nc2ccc(-c3ccccn3)cc2)cc1. The van der Waals surface area contributed by atoms with E-state index in [9.17, 15) is 0 Å². The summed E-state index contributed by atoms with van der Waals surface area (Å²) in [5.74, 6) is 1.16. The number of halogens is 2. The number of alkyl halides is 2. The predicted molar refractivity (Wildman–Crippen MR) is 117 cm³/mol. The number of aromatic nitrogens is 1. The Hall–Kier alpha value is -2.36. The molecular weight excluding hydrogens is 377 g/mol. The Labute approximate surface area is 170 Å². The number of rotatable bonds is 8. The van der Waals surface area contributed by atoms with Crippen LogP contribution >= 0.6 is 23.2 Å². The zero-order chi connectivity index (χ0) is 18.9. The van der Waals surface area contributed by atoms with Crippen molar-refractivity contribution >= 4 is 40.8 Å². The molecule has 0 unspecified atom stereocenters. The minimum absolute atomic E-state index is 0.578. The normalized spacial score (nSPS) is 11.0. The van der Waals surface area contributed by atoms with Gasteiger partial charge in [-0.25, -0.2) is 0 Å². The highest BCUT2D eigenvalue weighted by atomic mass is 35.5. The van der Waals surface area contributed by atoms with Crippen LogP contribution in [-0.4, -0.2) is 36.0 Å². The van der Waals surface area contributed by atoms with Gasteiger partial charge in [-0.2, -0.15) is 0 Å². The highest BCUT2D eigenvalue weighted by molar-refractivity contribution is 6.18. The molecule has 0 saturated heterocycles. The van der Waals surface area contributed by atoms with Crippen molar-refractivity contribution in [2.45, 2.75) is 0 Å². The smallest absolute Gasteiger partial charge is 0.0701 e. The van der Waals surface area contributed by atoms with E-state index in [4.69, 9.17) is 23.2 Å². The Balaban J connectivity index is 1.67. The lowest BCUT2D eigenvalue weighted by Crippen LogP contribution is -2.27. The highest BCUT2D eigenvalue weighted by Gasteiger charge is 2.04. The first-order chi connectivity index (χ1) is 13.3. The molecule has 5 heteroatoms. The van der Waals surface area contributed by atoms with Crippen LogP contribution in [0.3, 0.4) is 0 Å². The van der Waals surface area contributed by atoms with Crippen LogP contribution in [0.25, 0.3) is 11.3 Å². The first-order valence-corrected chi connectivity index (χ1v) is 9.89. The van der Waals surface area contributed by atoms with Gasteiger partial charge < -0.3 is 4.90 Å². The van der Waals surface area contributed by atoms with Crippen LogP contribution in [0.4, 0.5) is 11.4 Å². The van der Waals surface area contributed by atoms with E-state index in [1.54, 1.807) is 6.20 Å². The summed E-state index contributed by atoms with van der Waals surface area (Å²) < 4.78 is 0. The molecule has 3 rings (SSSR count). The van der Waals surface area contributed by atoms with Crippen LogP contribution in [0, 0.1) is 0 Å². The largest absolute Gasteiger partial charge is 0.369 e. The number of hydrogen-bond donors (Lipinski definition) is 0. The molecule has 27 heavy (non-hydrogen) atoms. The average Bonchev–Trinajstić information content (AvgIpc) is 2.73. The number of pyridine rings is 1. The first-order valence-electron chi connectivity index (χ1n) is 8.82. The Morgan fingerprint density at radius 1 is 0.852 bits per heavy atom. The van der Waals surface area contributed by atoms with E-state index >= 15 is 0 Å². The predicted octanol–water partition coefficient (Wildman–Crippen LogP) is 5.78. The topological polar surface area (TPSA) is 28.5 Å². The van der Waals surface area contributed by atoms with Gasteiger partial charge in [0.2, 0.25) is 0 Å². The maximum absolute atomic E-state index is 5.87.